The second kappa shape index (κ2) is 4.86. The smallest absolute Gasteiger partial charge is 0.00672 e. The predicted molar refractivity (Wildman–Crippen MR) is 66.0 cm³/mol. The van der Waals surface area contributed by atoms with Crippen LogP contribution in [0.1, 0.15) is 65.2 Å². The molecule has 0 amide bonds. The van der Waals surface area contributed by atoms with E-state index in [-0.39, 0.29) is 0 Å². The highest BCUT2D eigenvalue weighted by Crippen LogP contribution is 2.43. The zero-order chi connectivity index (χ0) is 10.7. The number of rotatable bonds is 5. The van der Waals surface area contributed by atoms with Gasteiger partial charge in [-0.3, -0.25) is 0 Å². The molecule has 1 unspecified atom stereocenters. The summed E-state index contributed by atoms with van der Waals surface area (Å²) < 4.78 is 0. The van der Waals surface area contributed by atoms with Crippen LogP contribution in [0.5, 0.6) is 0 Å². The molecule has 0 heterocycles. The molecule has 2 aliphatic rings. The van der Waals surface area contributed by atoms with Gasteiger partial charge in [0.15, 0.2) is 0 Å². The van der Waals surface area contributed by atoms with E-state index in [4.69, 9.17) is 0 Å². The minimum atomic E-state index is 0.687. The van der Waals surface area contributed by atoms with Crippen LogP contribution in [-0.2, 0) is 0 Å². The maximum atomic E-state index is 3.82. The van der Waals surface area contributed by atoms with E-state index in [1.54, 1.807) is 0 Å². The Morgan fingerprint density at radius 3 is 2.33 bits per heavy atom. The van der Waals surface area contributed by atoms with Crippen molar-refractivity contribution < 1.29 is 0 Å². The van der Waals surface area contributed by atoms with E-state index in [1.165, 1.54) is 57.9 Å². The van der Waals surface area contributed by atoms with Crippen molar-refractivity contribution in [3.8, 4) is 0 Å². The molecule has 0 bridgehead atoms. The van der Waals surface area contributed by atoms with Gasteiger partial charge in [-0.2, -0.15) is 0 Å². The lowest BCUT2D eigenvalue weighted by atomic mass is 9.67. The van der Waals surface area contributed by atoms with Crippen LogP contribution in [0.3, 0.4) is 0 Å². The van der Waals surface area contributed by atoms with Gasteiger partial charge in [-0.15, -0.1) is 0 Å². The molecule has 0 aliphatic heterocycles. The standard InChI is InChI=1S/C14H27N/c1-3-14(9-6-10-14)11-15-12(2)13-7-4-5-8-13/h12-13,15H,3-11H2,1-2H3. The van der Waals surface area contributed by atoms with E-state index in [9.17, 15) is 0 Å². The van der Waals surface area contributed by atoms with Crippen molar-refractivity contribution in [2.75, 3.05) is 6.54 Å². The van der Waals surface area contributed by atoms with E-state index < -0.39 is 0 Å². The molecule has 2 aliphatic carbocycles. The van der Waals surface area contributed by atoms with Crippen molar-refractivity contribution >= 4 is 0 Å². The van der Waals surface area contributed by atoms with E-state index in [2.05, 4.69) is 19.2 Å². The summed E-state index contributed by atoms with van der Waals surface area (Å²) in [6.45, 7) is 6.04. The van der Waals surface area contributed by atoms with Gasteiger partial charge in [0.25, 0.3) is 0 Å². The van der Waals surface area contributed by atoms with Gasteiger partial charge in [-0.1, -0.05) is 26.2 Å². The second-order valence-corrected chi connectivity index (χ2v) is 5.92. The average molecular weight is 209 g/mol. The third kappa shape index (κ3) is 2.55. The van der Waals surface area contributed by atoms with Gasteiger partial charge in [0.1, 0.15) is 0 Å². The summed E-state index contributed by atoms with van der Waals surface area (Å²) in [6.07, 6.45) is 11.6. The average Bonchev–Trinajstić information content (AvgIpc) is 2.69. The summed E-state index contributed by atoms with van der Waals surface area (Å²) in [5, 5.41) is 3.82. The third-order valence-electron chi connectivity index (χ3n) is 5.07. The second-order valence-electron chi connectivity index (χ2n) is 5.92. The summed E-state index contributed by atoms with van der Waals surface area (Å²) in [4.78, 5) is 0. The van der Waals surface area contributed by atoms with Gasteiger partial charge >= 0.3 is 0 Å². The molecule has 2 saturated carbocycles. The molecule has 1 nitrogen and oxygen atoms in total. The zero-order valence-electron chi connectivity index (χ0n) is 10.5. The first-order valence-electron chi connectivity index (χ1n) is 6.99. The molecule has 0 radical (unpaired) electrons. The highest BCUT2D eigenvalue weighted by Gasteiger charge is 2.35. The molecule has 1 N–H and O–H groups in total. The van der Waals surface area contributed by atoms with Gasteiger partial charge in [0.2, 0.25) is 0 Å². The Labute approximate surface area is 95.0 Å². The molecular formula is C14H27N. The molecular weight excluding hydrogens is 182 g/mol. The lowest BCUT2D eigenvalue weighted by Crippen LogP contribution is -2.44. The SMILES string of the molecule is CCC1(CNC(C)C2CCCC2)CCC1. The Kier molecular flexibility index (Phi) is 3.71. The normalized spacial score (nSPS) is 27.6. The molecule has 15 heavy (non-hydrogen) atoms. The summed E-state index contributed by atoms with van der Waals surface area (Å²) in [5.41, 5.74) is 0.687. The van der Waals surface area contributed by atoms with Crippen LogP contribution in [0.2, 0.25) is 0 Å². The minimum absolute atomic E-state index is 0.687. The zero-order valence-corrected chi connectivity index (χ0v) is 10.5. The fourth-order valence-electron chi connectivity index (χ4n) is 3.33. The highest BCUT2D eigenvalue weighted by atomic mass is 14.9. The Balaban J connectivity index is 1.72. The summed E-state index contributed by atoms with van der Waals surface area (Å²) >= 11 is 0. The highest BCUT2D eigenvalue weighted by molar-refractivity contribution is 4.90. The van der Waals surface area contributed by atoms with Crippen LogP contribution >= 0.6 is 0 Å². The maximum Gasteiger partial charge on any atom is 0.00672 e. The Morgan fingerprint density at radius 2 is 1.87 bits per heavy atom. The largest absolute Gasteiger partial charge is 0.313 e. The first kappa shape index (κ1) is 11.4. The first-order chi connectivity index (χ1) is 7.26. The van der Waals surface area contributed by atoms with Crippen molar-refractivity contribution in [3.05, 3.63) is 0 Å². The van der Waals surface area contributed by atoms with Crippen molar-refractivity contribution in [1.82, 2.24) is 5.32 Å². The Morgan fingerprint density at radius 1 is 1.20 bits per heavy atom. The molecule has 2 rings (SSSR count). The van der Waals surface area contributed by atoms with Crippen molar-refractivity contribution in [2.45, 2.75) is 71.3 Å². The summed E-state index contributed by atoms with van der Waals surface area (Å²) in [7, 11) is 0. The fourth-order valence-corrected chi connectivity index (χ4v) is 3.33. The third-order valence-corrected chi connectivity index (χ3v) is 5.07. The fraction of sp³-hybridized carbons (Fsp3) is 1.00. The molecule has 0 spiro atoms. The molecule has 1 heteroatoms. The van der Waals surface area contributed by atoms with Crippen molar-refractivity contribution in [3.63, 3.8) is 0 Å². The van der Waals surface area contributed by atoms with Crippen LogP contribution in [0, 0.1) is 11.3 Å². The molecule has 2 fully saturated rings. The summed E-state index contributed by atoms with van der Waals surface area (Å²) in [6, 6.07) is 0.761. The number of nitrogens with one attached hydrogen (secondary N) is 1. The minimum Gasteiger partial charge on any atom is -0.313 e. The van der Waals surface area contributed by atoms with Gasteiger partial charge in [0, 0.05) is 12.6 Å². The molecule has 88 valence electrons. The van der Waals surface area contributed by atoms with E-state index in [0.29, 0.717) is 5.41 Å². The van der Waals surface area contributed by atoms with Crippen LogP contribution in [0.25, 0.3) is 0 Å². The predicted octanol–water partition coefficient (Wildman–Crippen LogP) is 3.74. The quantitative estimate of drug-likeness (QED) is 0.727. The molecule has 0 saturated heterocycles. The van der Waals surface area contributed by atoms with E-state index in [1.807, 2.05) is 0 Å². The lowest BCUT2D eigenvalue weighted by Gasteiger charge is -2.42. The summed E-state index contributed by atoms with van der Waals surface area (Å²) in [5.74, 6) is 0.971. The molecule has 0 aromatic heterocycles. The molecule has 1 atom stereocenters. The Hall–Kier alpha value is -0.0400. The first-order valence-corrected chi connectivity index (χ1v) is 6.99. The van der Waals surface area contributed by atoms with Gasteiger partial charge in [-0.05, 0) is 50.4 Å². The van der Waals surface area contributed by atoms with Gasteiger partial charge < -0.3 is 5.32 Å². The van der Waals surface area contributed by atoms with Crippen LogP contribution in [-0.4, -0.2) is 12.6 Å². The molecule has 0 aromatic rings. The van der Waals surface area contributed by atoms with Crippen LogP contribution in [0.15, 0.2) is 0 Å². The van der Waals surface area contributed by atoms with Crippen LogP contribution in [0.4, 0.5) is 0 Å². The number of hydrogen-bond donors (Lipinski definition) is 1. The Bertz CT molecular complexity index is 184. The van der Waals surface area contributed by atoms with E-state index >= 15 is 0 Å². The van der Waals surface area contributed by atoms with Crippen molar-refractivity contribution in [2.24, 2.45) is 11.3 Å². The lowest BCUT2D eigenvalue weighted by molar-refractivity contribution is 0.115. The maximum absolute atomic E-state index is 3.82. The van der Waals surface area contributed by atoms with Gasteiger partial charge in [-0.25, -0.2) is 0 Å². The monoisotopic (exact) mass is 209 g/mol. The van der Waals surface area contributed by atoms with E-state index in [0.717, 1.165) is 12.0 Å². The van der Waals surface area contributed by atoms with Gasteiger partial charge in [0.05, 0.1) is 0 Å². The molecule has 0 aromatic carbocycles. The topological polar surface area (TPSA) is 12.0 Å². The number of hydrogen-bond acceptors (Lipinski definition) is 1. The van der Waals surface area contributed by atoms with Crippen LogP contribution < -0.4 is 5.32 Å². The van der Waals surface area contributed by atoms with Crippen molar-refractivity contribution in [1.29, 1.82) is 0 Å².